The number of amides is 1. The summed E-state index contributed by atoms with van der Waals surface area (Å²) in [5.41, 5.74) is 1.96. The van der Waals surface area contributed by atoms with E-state index in [0.29, 0.717) is 16.8 Å². The van der Waals surface area contributed by atoms with Crippen molar-refractivity contribution in [3.63, 3.8) is 0 Å². The molecule has 0 fully saturated rings. The fourth-order valence-corrected chi connectivity index (χ4v) is 2.39. The minimum Gasteiger partial charge on any atom is -0.392 e. The number of nitrogens with one attached hydrogen (secondary N) is 1. The number of carbonyl (C=O) groups excluding carboxylic acids is 1. The summed E-state index contributed by atoms with van der Waals surface area (Å²) in [6, 6.07) is 20.7. The SMILES string of the molecule is O=C(Nc1ccccc1CO)c1cccc2ccccc12. The highest BCUT2D eigenvalue weighted by Gasteiger charge is 2.11. The fourth-order valence-electron chi connectivity index (χ4n) is 2.39. The third kappa shape index (κ3) is 2.64. The molecule has 0 atom stereocenters. The van der Waals surface area contributed by atoms with Crippen LogP contribution in [0.4, 0.5) is 5.69 Å². The first-order valence-corrected chi connectivity index (χ1v) is 6.77. The Kier molecular flexibility index (Phi) is 3.67. The molecule has 3 heteroatoms. The van der Waals surface area contributed by atoms with Gasteiger partial charge in [0.2, 0.25) is 0 Å². The van der Waals surface area contributed by atoms with E-state index in [4.69, 9.17) is 0 Å². The number of anilines is 1. The van der Waals surface area contributed by atoms with Gasteiger partial charge in [-0.05, 0) is 22.9 Å². The van der Waals surface area contributed by atoms with Crippen molar-refractivity contribution in [1.29, 1.82) is 0 Å². The Bertz CT molecular complexity index is 791. The van der Waals surface area contributed by atoms with Gasteiger partial charge in [0.15, 0.2) is 0 Å². The molecule has 0 saturated carbocycles. The van der Waals surface area contributed by atoms with Crippen molar-refractivity contribution in [2.24, 2.45) is 0 Å². The lowest BCUT2D eigenvalue weighted by molar-refractivity contribution is 0.102. The van der Waals surface area contributed by atoms with Crippen LogP contribution in [0.25, 0.3) is 10.8 Å². The molecule has 0 spiro atoms. The quantitative estimate of drug-likeness (QED) is 0.768. The number of aliphatic hydroxyl groups is 1. The molecular formula is C18H15NO2. The molecular weight excluding hydrogens is 262 g/mol. The molecule has 0 radical (unpaired) electrons. The van der Waals surface area contributed by atoms with Crippen LogP contribution in [0.3, 0.4) is 0 Å². The maximum absolute atomic E-state index is 12.5. The number of para-hydroxylation sites is 1. The lowest BCUT2D eigenvalue weighted by Crippen LogP contribution is -2.13. The monoisotopic (exact) mass is 277 g/mol. The zero-order chi connectivity index (χ0) is 14.7. The Balaban J connectivity index is 1.98. The topological polar surface area (TPSA) is 49.3 Å². The third-order valence-corrected chi connectivity index (χ3v) is 3.47. The summed E-state index contributed by atoms with van der Waals surface area (Å²) >= 11 is 0. The summed E-state index contributed by atoms with van der Waals surface area (Å²) in [6.07, 6.45) is 0. The summed E-state index contributed by atoms with van der Waals surface area (Å²) in [7, 11) is 0. The van der Waals surface area contributed by atoms with Crippen LogP contribution in [0.2, 0.25) is 0 Å². The van der Waals surface area contributed by atoms with E-state index >= 15 is 0 Å². The molecule has 2 N–H and O–H groups in total. The number of carbonyl (C=O) groups is 1. The largest absolute Gasteiger partial charge is 0.392 e. The van der Waals surface area contributed by atoms with Gasteiger partial charge in [0.25, 0.3) is 5.91 Å². The Labute approximate surface area is 122 Å². The average Bonchev–Trinajstić information content (AvgIpc) is 2.54. The number of hydrogen-bond donors (Lipinski definition) is 2. The van der Waals surface area contributed by atoms with Crippen molar-refractivity contribution in [3.8, 4) is 0 Å². The summed E-state index contributed by atoms with van der Waals surface area (Å²) in [5, 5.41) is 14.1. The van der Waals surface area contributed by atoms with Crippen LogP contribution in [0, 0.1) is 0 Å². The molecule has 3 aromatic rings. The van der Waals surface area contributed by atoms with Crippen molar-refractivity contribution in [1.82, 2.24) is 0 Å². The van der Waals surface area contributed by atoms with Crippen molar-refractivity contribution >= 4 is 22.4 Å². The van der Waals surface area contributed by atoms with E-state index in [1.807, 2.05) is 48.5 Å². The van der Waals surface area contributed by atoms with Crippen LogP contribution >= 0.6 is 0 Å². The highest BCUT2D eigenvalue weighted by atomic mass is 16.3. The maximum Gasteiger partial charge on any atom is 0.256 e. The number of hydrogen-bond acceptors (Lipinski definition) is 2. The van der Waals surface area contributed by atoms with Gasteiger partial charge in [-0.3, -0.25) is 4.79 Å². The molecule has 3 rings (SSSR count). The van der Waals surface area contributed by atoms with E-state index in [9.17, 15) is 9.90 Å². The molecule has 0 aliphatic heterocycles. The molecule has 0 aliphatic carbocycles. The second-order valence-corrected chi connectivity index (χ2v) is 4.80. The highest BCUT2D eigenvalue weighted by Crippen LogP contribution is 2.21. The molecule has 3 aromatic carbocycles. The van der Waals surface area contributed by atoms with Crippen LogP contribution in [-0.4, -0.2) is 11.0 Å². The molecule has 0 aromatic heterocycles. The smallest absolute Gasteiger partial charge is 0.256 e. The lowest BCUT2D eigenvalue weighted by atomic mass is 10.0. The van der Waals surface area contributed by atoms with Gasteiger partial charge in [0.1, 0.15) is 0 Å². The standard InChI is InChI=1S/C18H15NO2/c20-12-14-7-2-4-11-17(14)19-18(21)16-10-5-8-13-6-1-3-9-15(13)16/h1-11,20H,12H2,(H,19,21). The number of aliphatic hydroxyl groups excluding tert-OH is 1. The highest BCUT2D eigenvalue weighted by molar-refractivity contribution is 6.13. The summed E-state index contributed by atoms with van der Waals surface area (Å²) < 4.78 is 0. The Morgan fingerprint density at radius 1 is 0.905 bits per heavy atom. The summed E-state index contributed by atoms with van der Waals surface area (Å²) in [5.74, 6) is -0.173. The van der Waals surface area contributed by atoms with Crippen LogP contribution < -0.4 is 5.32 Å². The molecule has 0 unspecified atom stereocenters. The Hall–Kier alpha value is -2.65. The van der Waals surface area contributed by atoms with Crippen molar-refractivity contribution < 1.29 is 9.90 Å². The first kappa shape index (κ1) is 13.3. The minimum absolute atomic E-state index is 0.105. The summed E-state index contributed by atoms with van der Waals surface area (Å²) in [4.78, 5) is 12.5. The molecule has 21 heavy (non-hydrogen) atoms. The average molecular weight is 277 g/mol. The fraction of sp³-hybridized carbons (Fsp3) is 0.0556. The van der Waals surface area contributed by atoms with Gasteiger partial charge >= 0.3 is 0 Å². The maximum atomic E-state index is 12.5. The van der Waals surface area contributed by atoms with E-state index in [-0.39, 0.29) is 12.5 Å². The van der Waals surface area contributed by atoms with Gasteiger partial charge in [0.05, 0.1) is 6.61 Å². The minimum atomic E-state index is -0.173. The lowest BCUT2D eigenvalue weighted by Gasteiger charge is -2.11. The van der Waals surface area contributed by atoms with Gasteiger partial charge in [-0.2, -0.15) is 0 Å². The molecule has 0 bridgehead atoms. The number of rotatable bonds is 3. The predicted octanol–water partition coefficient (Wildman–Crippen LogP) is 3.58. The first-order chi connectivity index (χ1) is 10.3. The van der Waals surface area contributed by atoms with E-state index in [1.54, 1.807) is 18.2 Å². The normalized spacial score (nSPS) is 10.5. The predicted molar refractivity (Wildman–Crippen MR) is 84.3 cm³/mol. The summed E-state index contributed by atoms with van der Waals surface area (Å²) in [6.45, 7) is -0.105. The second kappa shape index (κ2) is 5.77. The Morgan fingerprint density at radius 2 is 1.62 bits per heavy atom. The van der Waals surface area contributed by atoms with Gasteiger partial charge in [-0.25, -0.2) is 0 Å². The van der Waals surface area contributed by atoms with Crippen LogP contribution in [0.5, 0.6) is 0 Å². The Morgan fingerprint density at radius 3 is 2.48 bits per heavy atom. The first-order valence-electron chi connectivity index (χ1n) is 6.77. The molecule has 0 aliphatic rings. The molecule has 104 valence electrons. The number of fused-ring (bicyclic) bond motifs is 1. The van der Waals surface area contributed by atoms with Gasteiger partial charge < -0.3 is 10.4 Å². The number of benzene rings is 3. The van der Waals surface area contributed by atoms with Crippen LogP contribution in [-0.2, 0) is 6.61 Å². The zero-order valence-electron chi connectivity index (χ0n) is 11.4. The molecule has 0 heterocycles. The van der Waals surface area contributed by atoms with E-state index in [2.05, 4.69) is 5.32 Å². The van der Waals surface area contributed by atoms with Gasteiger partial charge in [-0.1, -0.05) is 54.6 Å². The van der Waals surface area contributed by atoms with Crippen molar-refractivity contribution in [2.75, 3.05) is 5.32 Å². The van der Waals surface area contributed by atoms with Gasteiger partial charge in [-0.15, -0.1) is 0 Å². The van der Waals surface area contributed by atoms with E-state index in [1.165, 1.54) is 0 Å². The van der Waals surface area contributed by atoms with E-state index < -0.39 is 0 Å². The van der Waals surface area contributed by atoms with Crippen LogP contribution in [0.15, 0.2) is 66.7 Å². The zero-order valence-corrected chi connectivity index (χ0v) is 11.4. The van der Waals surface area contributed by atoms with E-state index in [0.717, 1.165) is 10.8 Å². The van der Waals surface area contributed by atoms with Gasteiger partial charge in [0, 0.05) is 16.8 Å². The molecule has 3 nitrogen and oxygen atoms in total. The second-order valence-electron chi connectivity index (χ2n) is 4.80. The van der Waals surface area contributed by atoms with Crippen LogP contribution in [0.1, 0.15) is 15.9 Å². The third-order valence-electron chi connectivity index (χ3n) is 3.47. The van der Waals surface area contributed by atoms with Crippen molar-refractivity contribution in [2.45, 2.75) is 6.61 Å². The van der Waals surface area contributed by atoms with Crippen molar-refractivity contribution in [3.05, 3.63) is 77.9 Å². The molecule has 0 saturated heterocycles. The molecule has 1 amide bonds.